The maximum Gasteiger partial charge on any atom is 0 e. The number of methoxy groups -OCH3 is 1. The van der Waals surface area contributed by atoms with Crippen LogP contribution in [0.4, 0.5) is 0 Å². The Bertz CT molecular complexity index is 956. The van der Waals surface area contributed by atoms with Crippen molar-refractivity contribution in [3.63, 3.8) is 0 Å². The summed E-state index contributed by atoms with van der Waals surface area (Å²) in [5.74, 6) is -0.255. The molecule has 0 bridgehead atoms. The summed E-state index contributed by atoms with van der Waals surface area (Å²) in [4.78, 5) is 11.9. The van der Waals surface area contributed by atoms with E-state index >= 15 is 0 Å². The molecule has 0 saturated heterocycles. The number of hydrogen-bond acceptors (Lipinski definition) is 3. The molecular weight excluding hydrogens is 489 g/mol. The molecule has 0 aromatic heterocycles. The van der Waals surface area contributed by atoms with E-state index in [0.717, 1.165) is 0 Å². The second-order valence-electron chi connectivity index (χ2n) is 6.26. The number of benzene rings is 3. The van der Waals surface area contributed by atoms with Crippen LogP contribution >= 0.6 is 7.92 Å². The molecule has 0 aliphatic heterocycles. The fourth-order valence-electron chi connectivity index (χ4n) is 3.11. The minimum absolute atomic E-state index is 0. The molecule has 8 heteroatoms. The van der Waals surface area contributed by atoms with Gasteiger partial charge in [-0.15, -0.1) is 0 Å². The zero-order valence-corrected chi connectivity index (χ0v) is 20.9. The number of hydrogen-bond donors (Lipinski definition) is 1. The van der Waals surface area contributed by atoms with Gasteiger partial charge in [-0.05, 0) is 36.6 Å². The molecule has 0 heterocycles. The fraction of sp³-hybridized carbons (Fsp3) is 0.154. The van der Waals surface area contributed by atoms with Gasteiger partial charge in [-0.1, -0.05) is 84.9 Å². The van der Waals surface area contributed by atoms with Crippen LogP contribution in [0.2, 0.25) is 0 Å². The number of ether oxygens (including phenoxy) is 1. The molecule has 0 fully saturated rings. The van der Waals surface area contributed by atoms with E-state index in [1.165, 1.54) is 28.8 Å². The normalized spacial score (nSPS) is 9.68. The van der Waals surface area contributed by atoms with E-state index in [1.807, 2.05) is 18.2 Å². The van der Waals surface area contributed by atoms with Crippen LogP contribution < -0.4 is 15.9 Å². The fourth-order valence-corrected chi connectivity index (χ4v) is 5.83. The van der Waals surface area contributed by atoms with Crippen LogP contribution in [0.25, 0.3) is 0 Å². The van der Waals surface area contributed by atoms with Gasteiger partial charge in [-0.25, -0.2) is 0 Å². The summed E-state index contributed by atoms with van der Waals surface area (Å²) < 4.78 is 27.4. The number of carbonyl (C=O) groups excluding carboxylic acids is 1. The number of nitrogens with one attached hydrogen (secondary N) is 1. The van der Waals surface area contributed by atoms with Gasteiger partial charge < -0.3 is 4.74 Å². The average Bonchev–Trinajstić information content (AvgIpc) is 2.91. The van der Waals surface area contributed by atoms with Gasteiger partial charge in [0.05, 0.1) is 19.4 Å². The summed E-state index contributed by atoms with van der Waals surface area (Å²) in [7, 11) is 0.659. The molecule has 3 aromatic rings. The topological polar surface area (TPSA) is 98.0 Å². The van der Waals surface area contributed by atoms with Gasteiger partial charge in [0, 0.05) is 17.4 Å². The third-order valence-electron chi connectivity index (χ3n) is 4.48. The summed E-state index contributed by atoms with van der Waals surface area (Å²) in [6.45, 7) is 15.8. The monoisotopic (exact) mass is 513 g/mol. The molecule has 34 heavy (non-hydrogen) atoms. The van der Waals surface area contributed by atoms with Gasteiger partial charge in [-0.2, -0.15) is 0 Å². The van der Waals surface area contributed by atoms with E-state index in [4.69, 9.17) is 18.7 Å². The Balaban J connectivity index is 0. The van der Waals surface area contributed by atoms with Crippen molar-refractivity contribution in [2.24, 2.45) is 0 Å². The molecule has 0 aliphatic rings. The van der Waals surface area contributed by atoms with Crippen molar-refractivity contribution in [3.8, 4) is 0 Å². The SMILES string of the molecule is COC(=O)CN[C@@H](c1ccccc1C)P(c1ccccc1)c1ccccc1.[C-]#[O+].[C-]#[O+].[C-]#[O+].[Cr]. The van der Waals surface area contributed by atoms with Crippen molar-refractivity contribution in [2.45, 2.75) is 12.7 Å². The van der Waals surface area contributed by atoms with Crippen LogP contribution in [0, 0.1) is 26.9 Å². The maximum absolute atomic E-state index is 11.9. The van der Waals surface area contributed by atoms with Gasteiger partial charge in [0.1, 0.15) is 0 Å². The predicted molar refractivity (Wildman–Crippen MR) is 125 cm³/mol. The number of rotatable bonds is 7. The van der Waals surface area contributed by atoms with Crippen LogP contribution in [0.15, 0.2) is 84.9 Å². The molecule has 0 unspecified atom stereocenters. The summed E-state index contributed by atoms with van der Waals surface area (Å²) in [5, 5.41) is 6.01. The second-order valence-corrected chi connectivity index (χ2v) is 8.55. The van der Waals surface area contributed by atoms with E-state index in [1.54, 1.807) is 0 Å². The second kappa shape index (κ2) is 20.8. The van der Waals surface area contributed by atoms with Gasteiger partial charge >= 0.3 is 39.9 Å². The third kappa shape index (κ3) is 10.5. The van der Waals surface area contributed by atoms with E-state index in [-0.39, 0.29) is 35.7 Å². The van der Waals surface area contributed by atoms with Crippen molar-refractivity contribution in [1.82, 2.24) is 5.32 Å². The van der Waals surface area contributed by atoms with Gasteiger partial charge in [-0.3, -0.25) is 10.1 Å². The minimum atomic E-state index is -0.761. The first-order valence-corrected chi connectivity index (χ1v) is 11.0. The Hall–Kier alpha value is -2.73. The smallest absolute Gasteiger partial charge is 0 e. The Morgan fingerprint density at radius 2 is 1.24 bits per heavy atom. The van der Waals surface area contributed by atoms with Crippen LogP contribution in [0.5, 0.6) is 0 Å². The summed E-state index contributed by atoms with van der Waals surface area (Å²) >= 11 is 0. The quantitative estimate of drug-likeness (QED) is 0.225. The first-order valence-electron chi connectivity index (χ1n) is 9.57. The Labute approximate surface area is 212 Å². The molecule has 6 nitrogen and oxygen atoms in total. The third-order valence-corrected chi connectivity index (χ3v) is 7.16. The van der Waals surface area contributed by atoms with E-state index in [2.05, 4.69) is 98.9 Å². The zero-order chi connectivity index (χ0) is 25.1. The average molecular weight is 513 g/mol. The molecule has 0 spiro atoms. The Kier molecular flexibility index (Phi) is 20.5. The van der Waals surface area contributed by atoms with Crippen molar-refractivity contribution in [2.75, 3.05) is 13.7 Å². The molecule has 0 amide bonds. The van der Waals surface area contributed by atoms with Crippen LogP contribution in [0.1, 0.15) is 16.9 Å². The summed E-state index contributed by atoms with van der Waals surface area (Å²) in [5.41, 5.74) is 2.42. The number of aryl methyl sites for hydroxylation is 1. The predicted octanol–water partition coefficient (Wildman–Crippen LogP) is 3.77. The molecule has 0 saturated carbocycles. The summed E-state index contributed by atoms with van der Waals surface area (Å²) in [6.07, 6.45) is 0. The van der Waals surface area contributed by atoms with Crippen molar-refractivity contribution in [1.29, 1.82) is 0 Å². The molecule has 1 atom stereocenters. The molecule has 3 aromatic carbocycles. The van der Waals surface area contributed by atoms with Gasteiger partial charge in [0.2, 0.25) is 0 Å². The molecular formula is C26H24CrNO5P. The van der Waals surface area contributed by atoms with E-state index in [9.17, 15) is 4.79 Å². The molecule has 0 aliphatic carbocycles. The van der Waals surface area contributed by atoms with Gasteiger partial charge in [0.25, 0.3) is 0 Å². The largest absolute Gasteiger partial charge is 0 e. The van der Waals surface area contributed by atoms with Gasteiger partial charge in [0.15, 0.2) is 0 Å². The zero-order valence-electron chi connectivity index (χ0n) is 18.8. The molecule has 174 valence electrons. The van der Waals surface area contributed by atoms with Crippen molar-refractivity contribution in [3.05, 3.63) is 116 Å². The first-order chi connectivity index (χ1) is 16.2. The van der Waals surface area contributed by atoms with E-state index in [0.29, 0.717) is 0 Å². The van der Waals surface area contributed by atoms with Crippen molar-refractivity contribution >= 4 is 24.5 Å². The van der Waals surface area contributed by atoms with Crippen LogP contribution in [-0.2, 0) is 40.8 Å². The molecule has 1 N–H and O–H groups in total. The maximum atomic E-state index is 11.9. The van der Waals surface area contributed by atoms with E-state index < -0.39 is 7.92 Å². The van der Waals surface area contributed by atoms with Crippen molar-refractivity contribution < 1.29 is 40.8 Å². The number of carbonyl (C=O) groups is 1. The standard InChI is InChI=1S/C23H24NO2P.3CO.Cr/c1-18-11-9-10-16-21(18)23(24-17-22(25)26-2)27(19-12-5-3-6-13-19)20-14-7-4-8-15-20;3*1-2;/h3-16,23-24H,17H2,1-2H3;;;;/t23-;;;;/m1..../s1. The van der Waals surface area contributed by atoms with Crippen LogP contribution in [0.3, 0.4) is 0 Å². The Morgan fingerprint density at radius 3 is 1.65 bits per heavy atom. The molecule has 3 rings (SSSR count). The first kappa shape index (κ1) is 33.4. The molecule has 0 radical (unpaired) electrons. The summed E-state index contributed by atoms with van der Waals surface area (Å²) in [6, 6.07) is 29.4. The number of esters is 1. The Morgan fingerprint density at radius 1 is 0.824 bits per heavy atom. The van der Waals surface area contributed by atoms with Crippen LogP contribution in [-0.4, -0.2) is 19.6 Å². The minimum Gasteiger partial charge on any atom is 0 e.